The molecule has 2 aromatic carbocycles. The number of amides is 2. The van der Waals surface area contributed by atoms with Crippen LogP contribution in [0.3, 0.4) is 0 Å². The van der Waals surface area contributed by atoms with Gasteiger partial charge in [-0.05, 0) is 54.5 Å². The third-order valence-corrected chi connectivity index (χ3v) is 7.05. The van der Waals surface area contributed by atoms with Gasteiger partial charge in [0.15, 0.2) is 0 Å². The Labute approximate surface area is 219 Å². The zero-order valence-electron chi connectivity index (χ0n) is 22.8. The van der Waals surface area contributed by atoms with E-state index in [1.807, 2.05) is 24.8 Å². The Bertz CT molecular complexity index is 1240. The van der Waals surface area contributed by atoms with E-state index in [0.717, 1.165) is 39.5 Å². The molecular formula is C30H38FN5O. The predicted molar refractivity (Wildman–Crippen MR) is 148 cm³/mol. The number of nitrogens with one attached hydrogen (secondary N) is 1. The van der Waals surface area contributed by atoms with Crippen molar-refractivity contribution in [1.29, 1.82) is 0 Å². The molecule has 3 aromatic rings. The normalized spacial score (nSPS) is 14.0. The highest BCUT2D eigenvalue weighted by atomic mass is 19.1. The van der Waals surface area contributed by atoms with Crippen LogP contribution < -0.4 is 10.2 Å². The van der Waals surface area contributed by atoms with Gasteiger partial charge in [0, 0.05) is 49.5 Å². The Hall–Kier alpha value is -3.48. The fourth-order valence-electron chi connectivity index (χ4n) is 5.04. The van der Waals surface area contributed by atoms with E-state index in [1.165, 1.54) is 6.07 Å². The minimum absolute atomic E-state index is 0.0651. The summed E-state index contributed by atoms with van der Waals surface area (Å²) in [5.41, 5.74) is 6.05. The SMILES string of the molecule is Cc1nc(C)c(Cc2cccc(F)c2)c(N2CCN(C(=O)Nc3c(C(C)C)cccc3C(C)C)CC2)n1. The molecule has 0 atom stereocenters. The molecule has 0 bridgehead atoms. The number of para-hydroxylation sites is 1. The van der Waals surface area contributed by atoms with E-state index in [1.54, 1.807) is 12.1 Å². The van der Waals surface area contributed by atoms with Gasteiger partial charge in [-0.3, -0.25) is 0 Å². The zero-order valence-corrected chi connectivity index (χ0v) is 22.8. The quantitative estimate of drug-likeness (QED) is 0.421. The first-order valence-electron chi connectivity index (χ1n) is 13.2. The van der Waals surface area contributed by atoms with E-state index in [-0.39, 0.29) is 11.8 Å². The molecule has 0 saturated carbocycles. The molecule has 2 heterocycles. The van der Waals surface area contributed by atoms with Crippen LogP contribution in [-0.4, -0.2) is 47.1 Å². The lowest BCUT2D eigenvalue weighted by molar-refractivity contribution is 0.208. The average molecular weight is 504 g/mol. The number of anilines is 2. The zero-order chi connectivity index (χ0) is 26.7. The monoisotopic (exact) mass is 503 g/mol. The average Bonchev–Trinajstić information content (AvgIpc) is 2.85. The Balaban J connectivity index is 1.50. The maximum absolute atomic E-state index is 13.8. The van der Waals surface area contributed by atoms with Crippen LogP contribution in [0.15, 0.2) is 42.5 Å². The van der Waals surface area contributed by atoms with Gasteiger partial charge < -0.3 is 15.1 Å². The van der Waals surface area contributed by atoms with Crippen LogP contribution in [0.5, 0.6) is 0 Å². The van der Waals surface area contributed by atoms with Crippen LogP contribution in [0.25, 0.3) is 0 Å². The number of hydrogen-bond donors (Lipinski definition) is 1. The molecule has 6 nitrogen and oxygen atoms in total. The summed E-state index contributed by atoms with van der Waals surface area (Å²) in [7, 11) is 0. The van der Waals surface area contributed by atoms with Gasteiger partial charge in [-0.1, -0.05) is 58.0 Å². The third kappa shape index (κ3) is 6.09. The lowest BCUT2D eigenvalue weighted by atomic mass is 9.93. The second kappa shape index (κ2) is 11.3. The molecule has 196 valence electrons. The minimum atomic E-state index is -0.246. The van der Waals surface area contributed by atoms with Gasteiger partial charge in [0.25, 0.3) is 0 Å². The highest BCUT2D eigenvalue weighted by Gasteiger charge is 2.26. The number of benzene rings is 2. The Morgan fingerprint density at radius 1 is 0.946 bits per heavy atom. The second-order valence-corrected chi connectivity index (χ2v) is 10.5. The fraction of sp³-hybridized carbons (Fsp3) is 0.433. The lowest BCUT2D eigenvalue weighted by Gasteiger charge is -2.37. The van der Waals surface area contributed by atoms with Crippen molar-refractivity contribution in [3.63, 3.8) is 0 Å². The summed E-state index contributed by atoms with van der Waals surface area (Å²) in [5.74, 6) is 1.96. The first-order valence-corrected chi connectivity index (χ1v) is 13.2. The maximum Gasteiger partial charge on any atom is 0.321 e. The Morgan fingerprint density at radius 3 is 2.16 bits per heavy atom. The van der Waals surface area contributed by atoms with Gasteiger partial charge in [0.1, 0.15) is 17.5 Å². The first kappa shape index (κ1) is 26.6. The van der Waals surface area contributed by atoms with Crippen LogP contribution in [0.4, 0.5) is 20.7 Å². The fourth-order valence-corrected chi connectivity index (χ4v) is 5.04. The number of rotatable bonds is 6. The number of urea groups is 1. The number of halogens is 1. The summed E-state index contributed by atoms with van der Waals surface area (Å²) in [6.45, 7) is 15.0. The summed E-state index contributed by atoms with van der Waals surface area (Å²) < 4.78 is 13.8. The van der Waals surface area contributed by atoms with E-state index < -0.39 is 0 Å². The highest BCUT2D eigenvalue weighted by Crippen LogP contribution is 2.33. The van der Waals surface area contributed by atoms with Gasteiger partial charge >= 0.3 is 6.03 Å². The minimum Gasteiger partial charge on any atom is -0.353 e. The molecule has 1 aromatic heterocycles. The first-order chi connectivity index (χ1) is 17.6. The van der Waals surface area contributed by atoms with Gasteiger partial charge in [-0.2, -0.15) is 0 Å². The van der Waals surface area contributed by atoms with Crippen LogP contribution in [0.1, 0.15) is 73.3 Å². The second-order valence-electron chi connectivity index (χ2n) is 10.5. The van der Waals surface area contributed by atoms with Crippen molar-refractivity contribution < 1.29 is 9.18 Å². The van der Waals surface area contributed by atoms with Gasteiger partial charge in [-0.15, -0.1) is 0 Å². The number of carbonyl (C=O) groups excluding carboxylic acids is 1. The summed E-state index contributed by atoms with van der Waals surface area (Å²) in [6, 6.07) is 12.9. The van der Waals surface area contributed by atoms with E-state index in [4.69, 9.17) is 4.98 Å². The number of carbonyl (C=O) groups is 1. The van der Waals surface area contributed by atoms with E-state index in [2.05, 4.69) is 61.1 Å². The molecule has 0 unspecified atom stereocenters. The molecule has 1 aliphatic rings. The molecule has 2 amide bonds. The van der Waals surface area contributed by atoms with Gasteiger partial charge in [0.05, 0.1) is 0 Å². The standard InChI is InChI=1S/C30H38FN5O/c1-19(2)25-11-8-12-26(20(3)4)28(25)34-30(37)36-15-13-35(14-16-36)29-27(21(5)32-22(6)33-29)18-23-9-7-10-24(31)17-23/h7-12,17,19-20H,13-16,18H2,1-6H3,(H,34,37). The third-order valence-electron chi connectivity index (χ3n) is 7.05. The number of piperazine rings is 1. The molecule has 1 fully saturated rings. The molecule has 0 radical (unpaired) electrons. The topological polar surface area (TPSA) is 61.4 Å². The Morgan fingerprint density at radius 2 is 1.57 bits per heavy atom. The summed E-state index contributed by atoms with van der Waals surface area (Å²) in [6.07, 6.45) is 0.559. The van der Waals surface area contributed by atoms with E-state index in [9.17, 15) is 9.18 Å². The largest absolute Gasteiger partial charge is 0.353 e. The van der Waals surface area contributed by atoms with Crippen molar-refractivity contribution in [2.75, 3.05) is 36.4 Å². The van der Waals surface area contributed by atoms with Crippen LogP contribution in [0, 0.1) is 19.7 Å². The number of nitrogens with zero attached hydrogens (tertiary/aromatic N) is 4. The smallest absolute Gasteiger partial charge is 0.321 e. The molecule has 1 aliphatic heterocycles. The molecular weight excluding hydrogens is 465 g/mol. The van der Waals surface area contributed by atoms with Crippen molar-refractivity contribution in [1.82, 2.24) is 14.9 Å². The van der Waals surface area contributed by atoms with Gasteiger partial charge in [0.2, 0.25) is 0 Å². The van der Waals surface area contributed by atoms with Crippen molar-refractivity contribution in [3.05, 3.63) is 82.1 Å². The summed E-state index contributed by atoms with van der Waals surface area (Å²) in [4.78, 5) is 26.8. The van der Waals surface area contributed by atoms with Crippen LogP contribution in [0.2, 0.25) is 0 Å². The molecule has 0 aliphatic carbocycles. The number of aromatic nitrogens is 2. The lowest BCUT2D eigenvalue weighted by Crippen LogP contribution is -2.50. The maximum atomic E-state index is 13.8. The van der Waals surface area contributed by atoms with Gasteiger partial charge in [-0.25, -0.2) is 19.2 Å². The molecule has 1 saturated heterocycles. The van der Waals surface area contributed by atoms with Crippen molar-refractivity contribution in [2.45, 2.75) is 59.8 Å². The number of aryl methyl sites for hydroxylation is 2. The predicted octanol–water partition coefficient (Wildman–Crippen LogP) is 6.42. The van der Waals surface area contributed by atoms with Crippen molar-refractivity contribution in [2.24, 2.45) is 0 Å². The molecule has 1 N–H and O–H groups in total. The Kier molecular flexibility index (Phi) is 8.10. The highest BCUT2D eigenvalue weighted by molar-refractivity contribution is 5.91. The molecule has 37 heavy (non-hydrogen) atoms. The van der Waals surface area contributed by atoms with Crippen molar-refractivity contribution >= 4 is 17.5 Å². The van der Waals surface area contributed by atoms with E-state index >= 15 is 0 Å². The molecule has 4 rings (SSSR count). The van der Waals surface area contributed by atoms with Crippen molar-refractivity contribution in [3.8, 4) is 0 Å². The number of hydrogen-bond acceptors (Lipinski definition) is 4. The van der Waals surface area contributed by atoms with Crippen LogP contribution >= 0.6 is 0 Å². The summed E-state index contributed by atoms with van der Waals surface area (Å²) in [5, 5.41) is 3.24. The van der Waals surface area contributed by atoms with Crippen LogP contribution in [-0.2, 0) is 6.42 Å². The summed E-state index contributed by atoms with van der Waals surface area (Å²) >= 11 is 0. The van der Waals surface area contributed by atoms with E-state index in [0.29, 0.717) is 50.3 Å². The molecule has 0 spiro atoms. The molecule has 7 heteroatoms.